The van der Waals surface area contributed by atoms with Gasteiger partial charge in [-0.15, -0.1) is 0 Å². The number of carboxylic acid groups (broad SMARTS) is 1. The number of methoxy groups -OCH3 is 1. The number of thiocarbonyl (C=S) groups is 2. The maximum atomic E-state index is 12.6. The van der Waals surface area contributed by atoms with E-state index in [9.17, 15) is 41.1 Å². The molecule has 406 valence electrons. The van der Waals surface area contributed by atoms with Crippen LogP contribution in [0.3, 0.4) is 0 Å². The monoisotopic (exact) mass is 1180 g/mol. The first-order chi connectivity index (χ1) is 35.3. The van der Waals surface area contributed by atoms with Crippen molar-refractivity contribution in [1.82, 2.24) is 10.6 Å². The van der Waals surface area contributed by atoms with Crippen LogP contribution in [0.1, 0.15) is 109 Å². The molecule has 0 aromatic heterocycles. The molecule has 22 heteroatoms. The lowest BCUT2D eigenvalue weighted by Gasteiger charge is -2.43. The minimum absolute atomic E-state index is 0.142. The van der Waals surface area contributed by atoms with Crippen molar-refractivity contribution in [2.45, 2.75) is 102 Å². The summed E-state index contributed by atoms with van der Waals surface area (Å²) in [5, 5.41) is 22.7. The second-order valence-electron chi connectivity index (χ2n) is 19.3. The van der Waals surface area contributed by atoms with Gasteiger partial charge in [0.25, 0.3) is 11.8 Å². The van der Waals surface area contributed by atoms with Crippen LogP contribution in [0.25, 0.3) is 0 Å². The summed E-state index contributed by atoms with van der Waals surface area (Å²) in [6, 6.07) is 22.0. The summed E-state index contributed by atoms with van der Waals surface area (Å²) in [6.07, 6.45) is 12.8. The number of carbonyl (C=O) groups excluding carboxylic acids is 3. The van der Waals surface area contributed by atoms with E-state index in [4.69, 9.17) is 75.6 Å². The molecule has 4 aromatic carbocycles. The summed E-state index contributed by atoms with van der Waals surface area (Å²) >= 11 is 35.9. The van der Waals surface area contributed by atoms with Gasteiger partial charge < -0.3 is 31.1 Å². The third-order valence-corrected chi connectivity index (χ3v) is 17.9. The quantitative estimate of drug-likeness (QED) is 0.0251. The molecule has 2 amide bonds. The van der Waals surface area contributed by atoms with Gasteiger partial charge in [-0.3, -0.25) is 9.59 Å². The minimum atomic E-state index is -3.00. The summed E-state index contributed by atoms with van der Waals surface area (Å²) in [6.45, 7) is 0. The number of ether oxygens (including phenoxy) is 1. The van der Waals surface area contributed by atoms with E-state index < -0.39 is 55.5 Å². The van der Waals surface area contributed by atoms with Crippen LogP contribution < -0.4 is 21.3 Å². The third-order valence-electron chi connectivity index (χ3n) is 13.5. The van der Waals surface area contributed by atoms with Crippen LogP contribution in [0.4, 0.5) is 11.4 Å². The van der Waals surface area contributed by atoms with Gasteiger partial charge >= 0.3 is 11.9 Å². The highest BCUT2D eigenvalue weighted by atomic mass is 35.5. The van der Waals surface area contributed by atoms with Crippen LogP contribution in [0.2, 0.25) is 20.1 Å². The highest BCUT2D eigenvalue weighted by Crippen LogP contribution is 2.47. The highest BCUT2D eigenvalue weighted by Gasteiger charge is 2.43. The zero-order valence-electron chi connectivity index (χ0n) is 41.8. The number of amides is 2. The van der Waals surface area contributed by atoms with Crippen LogP contribution in [0.5, 0.6) is 0 Å². The lowest BCUT2D eigenvalue weighted by atomic mass is 9.65. The molecule has 5 N–H and O–H groups in total. The lowest BCUT2D eigenvalue weighted by Crippen LogP contribution is -2.51. The number of benzene rings is 4. The predicted octanol–water partition coefficient (Wildman–Crippen LogP) is 11.2. The molecule has 0 saturated heterocycles. The molecule has 0 aliphatic heterocycles. The van der Waals surface area contributed by atoms with Gasteiger partial charge in [-0.05, 0) is 111 Å². The largest absolute Gasteiger partial charge is 0.480 e. The second-order valence-corrected chi connectivity index (χ2v) is 26.2. The normalized spacial score (nSPS) is 15.2. The number of esters is 1. The fourth-order valence-electron chi connectivity index (χ4n) is 8.94. The van der Waals surface area contributed by atoms with Crippen molar-refractivity contribution in [3.8, 4) is 0 Å². The van der Waals surface area contributed by atoms with Crippen LogP contribution in [-0.4, -0.2) is 98.9 Å². The first-order valence-corrected chi connectivity index (χ1v) is 30.8. The summed E-state index contributed by atoms with van der Waals surface area (Å²) in [7, 11) is -4.66. The number of unbranched alkanes of at least 4 members (excludes halogenated alkanes) is 2. The number of nitrogens with one attached hydrogen (secondary N) is 4. The predicted molar refractivity (Wildman–Crippen MR) is 308 cm³/mol. The molecule has 2 aliphatic rings. The standard InChI is InChI=1S/C27H32Cl2N2O5S2.C26H30Cl2N2O5S2/c1-36-25(33)22(31-26(37)27(14-6-15-27)13-3-4-16-38(2,34)35)17-18-9-11-19(12-10-18)30-24(32)23-20(28)7-5-8-21(23)29;1-37(34,35)15-3-2-12-26(13-5-14-26)25(36)30-21(24(32)33)16-17-8-10-18(11-9-17)29-23(31)22-19(27)6-4-7-20(22)28/h5,7-12,22H,3-4,6,13-17H2,1-2H3,(H,30,32)(H,31,37);4,6-11,21H,2-3,5,12-16H2,1H3,(H,29,31)(H,30,36)(H,32,33). The number of hydrogen-bond donors (Lipinski definition) is 5. The SMILES string of the molecule is COC(=O)C(Cc1ccc(NC(=O)c2c(Cl)cccc2Cl)cc1)NC(=S)C1(CCCCS(C)(=O)=O)CCC1.CS(=O)(=O)CCCCC1(C(=S)NC(Cc2ccc(NC(=O)c3c(Cl)cccc3Cl)cc2)C(=O)O)CCC1. The minimum Gasteiger partial charge on any atom is -0.480 e. The van der Waals surface area contributed by atoms with E-state index in [2.05, 4.69) is 21.3 Å². The molecule has 14 nitrogen and oxygen atoms in total. The maximum absolute atomic E-state index is 12.6. The average molecular weight is 1190 g/mol. The van der Waals surface area contributed by atoms with Gasteiger partial charge in [0.05, 0.1) is 48.3 Å². The molecule has 4 aromatic rings. The van der Waals surface area contributed by atoms with Crippen LogP contribution in [0, 0.1) is 10.8 Å². The van der Waals surface area contributed by atoms with E-state index in [0.29, 0.717) is 40.6 Å². The van der Waals surface area contributed by atoms with E-state index >= 15 is 0 Å². The zero-order valence-corrected chi connectivity index (χ0v) is 48.1. The molecule has 2 unspecified atom stereocenters. The lowest BCUT2D eigenvalue weighted by molar-refractivity contribution is -0.142. The van der Waals surface area contributed by atoms with Crippen LogP contribution in [0.15, 0.2) is 84.9 Å². The number of halogens is 4. The van der Waals surface area contributed by atoms with Gasteiger partial charge in [0.15, 0.2) is 0 Å². The van der Waals surface area contributed by atoms with Crippen molar-refractivity contribution in [2.24, 2.45) is 10.8 Å². The van der Waals surface area contributed by atoms with Crippen molar-refractivity contribution < 1.29 is 45.9 Å². The molecule has 2 aliphatic carbocycles. The molecule has 0 heterocycles. The Morgan fingerprint density at radius 3 is 1.24 bits per heavy atom. The van der Waals surface area contributed by atoms with E-state index in [0.717, 1.165) is 75.3 Å². The number of anilines is 2. The molecular weight excluding hydrogens is 1120 g/mol. The van der Waals surface area contributed by atoms with Gasteiger partial charge in [-0.1, -0.05) is 133 Å². The number of hydrogen-bond acceptors (Lipinski definition) is 11. The van der Waals surface area contributed by atoms with Gasteiger partial charge in [-0.25, -0.2) is 26.4 Å². The fourth-order valence-corrected chi connectivity index (χ4v) is 12.4. The van der Waals surface area contributed by atoms with Gasteiger partial charge in [0, 0.05) is 59.1 Å². The summed E-state index contributed by atoms with van der Waals surface area (Å²) in [4.78, 5) is 51.0. The van der Waals surface area contributed by atoms with Crippen LogP contribution in [-0.2, 0) is 46.8 Å². The molecule has 0 spiro atoms. The average Bonchev–Trinajstić information content (AvgIpc) is 3.30. The summed E-state index contributed by atoms with van der Waals surface area (Å²) in [5.74, 6) is -2.00. The highest BCUT2D eigenvalue weighted by molar-refractivity contribution is 7.90. The Labute approximate surface area is 470 Å². The Balaban J connectivity index is 0.000000277. The summed E-state index contributed by atoms with van der Waals surface area (Å²) in [5.41, 5.74) is 2.57. The third kappa shape index (κ3) is 18.4. The molecule has 2 atom stereocenters. The van der Waals surface area contributed by atoms with Gasteiger partial charge in [0.1, 0.15) is 31.8 Å². The van der Waals surface area contributed by atoms with Crippen LogP contribution >= 0.6 is 70.8 Å². The van der Waals surface area contributed by atoms with Crippen molar-refractivity contribution in [1.29, 1.82) is 0 Å². The molecule has 2 saturated carbocycles. The Morgan fingerprint density at radius 2 is 0.933 bits per heavy atom. The Bertz CT molecular complexity index is 2900. The number of carbonyl (C=O) groups is 4. The Hall–Kier alpha value is -4.40. The molecule has 6 rings (SSSR count). The first kappa shape index (κ1) is 61.5. The van der Waals surface area contributed by atoms with E-state index in [1.165, 1.54) is 19.6 Å². The van der Waals surface area contributed by atoms with E-state index in [-0.39, 0.29) is 60.0 Å². The fraction of sp³-hybridized carbons (Fsp3) is 0.434. The maximum Gasteiger partial charge on any atom is 0.328 e. The molecule has 75 heavy (non-hydrogen) atoms. The second kappa shape index (κ2) is 27.8. The Morgan fingerprint density at radius 1 is 0.587 bits per heavy atom. The van der Waals surface area contributed by atoms with E-state index in [1.54, 1.807) is 72.8 Å². The Kier molecular flexibility index (Phi) is 22.8. The zero-order chi connectivity index (χ0) is 55.1. The van der Waals surface area contributed by atoms with Crippen molar-refractivity contribution in [2.75, 3.05) is 41.8 Å². The number of sulfone groups is 2. The molecular formula is C53H62Cl4N4O10S4. The van der Waals surface area contributed by atoms with Crippen molar-refractivity contribution in [3.05, 3.63) is 127 Å². The van der Waals surface area contributed by atoms with E-state index in [1.807, 2.05) is 12.1 Å². The van der Waals surface area contributed by atoms with Crippen molar-refractivity contribution >= 4 is 136 Å². The molecule has 2 fully saturated rings. The number of carboxylic acids is 1. The summed E-state index contributed by atoms with van der Waals surface area (Å²) < 4.78 is 50.7. The first-order valence-electron chi connectivity index (χ1n) is 24.3. The van der Waals surface area contributed by atoms with Gasteiger partial charge in [-0.2, -0.15) is 0 Å². The number of aliphatic carboxylic acids is 1. The molecule has 0 radical (unpaired) electrons. The smallest absolute Gasteiger partial charge is 0.328 e. The number of rotatable bonds is 24. The molecule has 0 bridgehead atoms. The van der Waals surface area contributed by atoms with Gasteiger partial charge in [0.2, 0.25) is 0 Å². The van der Waals surface area contributed by atoms with Crippen molar-refractivity contribution in [3.63, 3.8) is 0 Å². The topological polar surface area (TPSA) is 214 Å².